The molecule has 0 bridgehead atoms. The highest BCUT2D eigenvalue weighted by molar-refractivity contribution is 6.03. The maximum absolute atomic E-state index is 12.7. The number of anilines is 1. The summed E-state index contributed by atoms with van der Waals surface area (Å²) in [7, 11) is 0. The number of halogens is 3. The molecule has 1 saturated carbocycles. The molecule has 1 aliphatic carbocycles. The van der Waals surface area contributed by atoms with Crippen molar-refractivity contribution < 1.29 is 22.7 Å². The molecule has 0 saturated heterocycles. The zero-order chi connectivity index (χ0) is 21.3. The van der Waals surface area contributed by atoms with E-state index in [1.165, 1.54) is 12.1 Å². The number of aromatic amines is 1. The van der Waals surface area contributed by atoms with Crippen LogP contribution >= 0.6 is 0 Å². The molecule has 8 heteroatoms. The second-order valence-corrected chi connectivity index (χ2v) is 7.30. The van der Waals surface area contributed by atoms with E-state index >= 15 is 0 Å². The number of alkyl halides is 3. The van der Waals surface area contributed by atoms with Crippen LogP contribution in [-0.2, 0) is 17.6 Å². The molecule has 2 atom stereocenters. The van der Waals surface area contributed by atoms with Crippen molar-refractivity contribution in [1.82, 2.24) is 4.98 Å². The topological polar surface area (TPSA) is 77.9 Å². The number of amides is 1. The summed E-state index contributed by atoms with van der Waals surface area (Å²) in [6, 6.07) is 12.3. The van der Waals surface area contributed by atoms with Gasteiger partial charge in [-0.15, -0.1) is 0 Å². The van der Waals surface area contributed by atoms with Crippen LogP contribution in [0.15, 0.2) is 48.7 Å². The number of aromatic nitrogens is 1. The molecule has 2 unspecified atom stereocenters. The largest absolute Gasteiger partial charge is 0.489 e. The molecule has 0 spiro atoms. The van der Waals surface area contributed by atoms with Gasteiger partial charge in [0.1, 0.15) is 12.4 Å². The Labute approximate surface area is 170 Å². The number of hydrogen-bond acceptors (Lipinski definition) is 3. The summed E-state index contributed by atoms with van der Waals surface area (Å²) >= 11 is 0. The lowest BCUT2D eigenvalue weighted by Crippen LogP contribution is -2.35. The van der Waals surface area contributed by atoms with Crippen LogP contribution in [0.5, 0.6) is 5.75 Å². The van der Waals surface area contributed by atoms with Gasteiger partial charge in [0.15, 0.2) is 0 Å². The first-order valence-corrected chi connectivity index (χ1v) is 9.45. The average Bonchev–Trinajstić information content (AvgIpc) is 3.07. The van der Waals surface area contributed by atoms with E-state index in [0.29, 0.717) is 23.4 Å². The van der Waals surface area contributed by atoms with Gasteiger partial charge in [-0.3, -0.25) is 4.79 Å². The van der Waals surface area contributed by atoms with Crippen LogP contribution < -0.4 is 10.1 Å². The molecule has 1 amide bonds. The minimum atomic E-state index is -4.37. The molecule has 4 rings (SSSR count). The van der Waals surface area contributed by atoms with Gasteiger partial charge in [0.25, 0.3) is 0 Å². The van der Waals surface area contributed by atoms with Gasteiger partial charge >= 0.3 is 6.18 Å². The molecule has 2 aromatic carbocycles. The van der Waals surface area contributed by atoms with Gasteiger partial charge in [0.05, 0.1) is 29.2 Å². The van der Waals surface area contributed by atoms with Crippen LogP contribution in [-0.4, -0.2) is 10.9 Å². The molecule has 1 heterocycles. The van der Waals surface area contributed by atoms with Crippen LogP contribution in [0, 0.1) is 23.2 Å². The van der Waals surface area contributed by atoms with Crippen molar-refractivity contribution in [2.24, 2.45) is 11.8 Å². The zero-order valence-electron chi connectivity index (χ0n) is 15.8. The third-order valence-corrected chi connectivity index (χ3v) is 5.37. The van der Waals surface area contributed by atoms with Crippen molar-refractivity contribution >= 4 is 22.5 Å². The quantitative estimate of drug-likeness (QED) is 0.599. The first kappa shape index (κ1) is 19.8. The third-order valence-electron chi connectivity index (χ3n) is 5.37. The normalized spacial score (nSPS) is 18.5. The van der Waals surface area contributed by atoms with E-state index in [2.05, 4.69) is 16.4 Å². The Kier molecular flexibility index (Phi) is 5.12. The van der Waals surface area contributed by atoms with Gasteiger partial charge in [-0.05, 0) is 48.7 Å². The van der Waals surface area contributed by atoms with Gasteiger partial charge < -0.3 is 15.0 Å². The van der Waals surface area contributed by atoms with Gasteiger partial charge in [-0.1, -0.05) is 12.1 Å². The van der Waals surface area contributed by atoms with Crippen LogP contribution in [0.4, 0.5) is 18.9 Å². The average molecular weight is 413 g/mol. The predicted octanol–water partition coefficient (Wildman–Crippen LogP) is 5.25. The minimum Gasteiger partial charge on any atom is -0.489 e. The second kappa shape index (κ2) is 7.75. The highest BCUT2D eigenvalue weighted by Gasteiger charge is 2.36. The van der Waals surface area contributed by atoms with Crippen molar-refractivity contribution in [2.75, 3.05) is 5.32 Å². The smallest absolute Gasteiger partial charge is 0.416 e. The number of nitriles is 1. The predicted molar refractivity (Wildman–Crippen MR) is 105 cm³/mol. The lowest BCUT2D eigenvalue weighted by molar-refractivity contribution is -0.137. The van der Waals surface area contributed by atoms with Crippen LogP contribution in [0.3, 0.4) is 0 Å². The number of rotatable bonds is 5. The molecular weight excluding hydrogens is 395 g/mol. The summed E-state index contributed by atoms with van der Waals surface area (Å²) in [6.45, 7) is 0.113. The van der Waals surface area contributed by atoms with Gasteiger partial charge in [0, 0.05) is 17.1 Å². The number of nitrogens with one attached hydrogen (secondary N) is 2. The van der Waals surface area contributed by atoms with Gasteiger partial charge in [-0.25, -0.2) is 0 Å². The van der Waals surface area contributed by atoms with Crippen LogP contribution in [0.2, 0.25) is 0 Å². The lowest BCUT2D eigenvalue weighted by atomic mass is 9.74. The van der Waals surface area contributed by atoms with E-state index in [9.17, 15) is 18.0 Å². The molecule has 3 aromatic rings. The zero-order valence-corrected chi connectivity index (χ0v) is 15.8. The van der Waals surface area contributed by atoms with E-state index in [-0.39, 0.29) is 24.3 Å². The molecule has 1 aliphatic rings. The fourth-order valence-electron chi connectivity index (χ4n) is 3.44. The first-order chi connectivity index (χ1) is 14.3. The summed E-state index contributed by atoms with van der Waals surface area (Å²) in [4.78, 5) is 15.5. The fraction of sp³-hybridized carbons (Fsp3) is 0.273. The highest BCUT2D eigenvalue weighted by atomic mass is 19.4. The number of ether oxygens (including phenoxy) is 1. The van der Waals surface area contributed by atoms with Crippen molar-refractivity contribution in [2.45, 2.75) is 25.6 Å². The first-order valence-electron chi connectivity index (χ1n) is 9.45. The van der Waals surface area contributed by atoms with Gasteiger partial charge in [0.2, 0.25) is 5.91 Å². The van der Waals surface area contributed by atoms with E-state index in [0.717, 1.165) is 29.5 Å². The minimum absolute atomic E-state index is 0.113. The summed E-state index contributed by atoms with van der Waals surface area (Å²) < 4.78 is 43.7. The second-order valence-electron chi connectivity index (χ2n) is 7.30. The number of benzene rings is 2. The SMILES string of the molecule is N#CC1CCC1C(=O)Nc1c[nH]c2ccc(OCc3ccc(C(F)(F)F)cc3)cc12. The number of hydrogen-bond donors (Lipinski definition) is 2. The number of carbonyl (C=O) groups excluding carboxylic acids is 1. The summed E-state index contributed by atoms with van der Waals surface area (Å²) in [5, 5.41) is 12.7. The Balaban J connectivity index is 1.45. The molecule has 30 heavy (non-hydrogen) atoms. The monoisotopic (exact) mass is 413 g/mol. The Hall–Kier alpha value is -3.47. The van der Waals surface area contributed by atoms with Crippen molar-refractivity contribution in [3.05, 3.63) is 59.8 Å². The molecule has 1 aromatic heterocycles. The van der Waals surface area contributed by atoms with Crippen LogP contribution in [0.1, 0.15) is 24.0 Å². The van der Waals surface area contributed by atoms with E-state index < -0.39 is 11.7 Å². The Morgan fingerprint density at radius 2 is 1.97 bits per heavy atom. The van der Waals surface area contributed by atoms with E-state index in [1.54, 1.807) is 24.4 Å². The highest BCUT2D eigenvalue weighted by Crippen LogP contribution is 2.36. The molecule has 0 aliphatic heterocycles. The fourth-order valence-corrected chi connectivity index (χ4v) is 3.44. The number of fused-ring (bicyclic) bond motifs is 1. The lowest BCUT2D eigenvalue weighted by Gasteiger charge is -2.29. The maximum Gasteiger partial charge on any atom is 0.416 e. The third kappa shape index (κ3) is 3.96. The summed E-state index contributed by atoms with van der Waals surface area (Å²) in [5.74, 6) is -0.183. The van der Waals surface area contributed by atoms with E-state index in [1.807, 2.05) is 0 Å². The van der Waals surface area contributed by atoms with Gasteiger partial charge in [-0.2, -0.15) is 18.4 Å². The number of carbonyl (C=O) groups is 1. The van der Waals surface area contributed by atoms with Crippen molar-refractivity contribution in [1.29, 1.82) is 5.26 Å². The molecule has 0 radical (unpaired) electrons. The maximum atomic E-state index is 12.7. The molecular formula is C22H18F3N3O2. The van der Waals surface area contributed by atoms with Crippen molar-refractivity contribution in [3.8, 4) is 11.8 Å². The Morgan fingerprint density at radius 1 is 1.20 bits per heavy atom. The molecule has 154 valence electrons. The Morgan fingerprint density at radius 3 is 2.60 bits per heavy atom. The Bertz CT molecular complexity index is 1110. The molecule has 5 nitrogen and oxygen atoms in total. The molecule has 1 fully saturated rings. The number of H-pyrrole nitrogens is 1. The van der Waals surface area contributed by atoms with Crippen LogP contribution in [0.25, 0.3) is 10.9 Å². The molecule has 2 N–H and O–H groups in total. The summed E-state index contributed by atoms with van der Waals surface area (Å²) in [5.41, 5.74) is 1.31. The standard InChI is InChI=1S/C22H18F3N3O2/c23-22(24,25)15-4-1-13(2-5-15)12-30-16-6-8-19-18(9-16)20(11-27-19)28-21(29)17-7-3-14(17)10-26/h1-2,4-6,8-9,11,14,17,27H,3,7,12H2,(H,28,29). The summed E-state index contributed by atoms with van der Waals surface area (Å²) in [6.07, 6.45) is -1.24. The van der Waals surface area contributed by atoms with Crippen molar-refractivity contribution in [3.63, 3.8) is 0 Å². The van der Waals surface area contributed by atoms with E-state index in [4.69, 9.17) is 10.00 Å². The number of nitrogens with zero attached hydrogens (tertiary/aromatic N) is 1.